The van der Waals surface area contributed by atoms with E-state index in [1.807, 2.05) is 0 Å². The van der Waals surface area contributed by atoms with Crippen molar-refractivity contribution in [3.63, 3.8) is 0 Å². The highest BCUT2D eigenvalue weighted by Crippen LogP contribution is 2.00. The van der Waals surface area contributed by atoms with E-state index < -0.39 is 0 Å². The maximum absolute atomic E-state index is 11.7. The maximum Gasteiger partial charge on any atom is 0.228 e. The number of amides is 1. The molecule has 5 nitrogen and oxygen atoms in total. The molecular weight excluding hydrogens is 206 g/mol. The number of nitrogens with zero attached hydrogens (tertiary/aromatic N) is 2. The van der Waals surface area contributed by atoms with E-state index in [0.29, 0.717) is 6.42 Å². The summed E-state index contributed by atoms with van der Waals surface area (Å²) in [5, 5.41) is 15.2. The molecule has 0 fully saturated rings. The molecule has 1 heterocycles. The monoisotopic (exact) mass is 225 g/mol. The second-order valence-electron chi connectivity index (χ2n) is 3.86. The molecule has 0 spiro atoms. The number of likely N-dealkylation sites (N-methyl/N-ethyl adjacent to an activating group) is 1. The van der Waals surface area contributed by atoms with E-state index in [0.717, 1.165) is 31.5 Å². The van der Waals surface area contributed by atoms with Gasteiger partial charge in [0.05, 0.1) is 6.42 Å². The fourth-order valence-electron chi connectivity index (χ4n) is 1.44. The molecular formula is C11H19N3O2. The number of carbonyl (C=O) groups is 1. The highest BCUT2D eigenvalue weighted by atomic mass is 16.2. The molecule has 1 amide bonds. The van der Waals surface area contributed by atoms with Gasteiger partial charge in [0.2, 0.25) is 5.91 Å². The van der Waals surface area contributed by atoms with Gasteiger partial charge in [-0.25, -0.2) is 0 Å². The van der Waals surface area contributed by atoms with Crippen molar-refractivity contribution in [3.05, 3.63) is 18.0 Å². The first-order valence-electron chi connectivity index (χ1n) is 5.57. The smallest absolute Gasteiger partial charge is 0.228 e. The van der Waals surface area contributed by atoms with E-state index in [1.54, 1.807) is 24.2 Å². The summed E-state index contributed by atoms with van der Waals surface area (Å²) in [6, 6.07) is 1.80. The van der Waals surface area contributed by atoms with Gasteiger partial charge < -0.3 is 10.0 Å². The Bertz CT molecular complexity index is 298. The number of aromatic nitrogens is 2. The Morgan fingerprint density at radius 3 is 2.94 bits per heavy atom. The molecule has 0 aliphatic carbocycles. The number of aliphatic hydroxyl groups is 1. The largest absolute Gasteiger partial charge is 0.396 e. The number of H-pyrrole nitrogens is 1. The molecule has 0 aliphatic rings. The summed E-state index contributed by atoms with van der Waals surface area (Å²) in [6.07, 6.45) is 4.72. The number of aliphatic hydroxyl groups excluding tert-OH is 1. The van der Waals surface area contributed by atoms with Crippen LogP contribution in [0, 0.1) is 0 Å². The number of hydrogen-bond donors (Lipinski definition) is 2. The van der Waals surface area contributed by atoms with Crippen LogP contribution < -0.4 is 0 Å². The van der Waals surface area contributed by atoms with E-state index in [1.165, 1.54) is 0 Å². The third-order valence-corrected chi connectivity index (χ3v) is 2.48. The molecule has 0 unspecified atom stereocenters. The molecule has 1 aromatic rings. The van der Waals surface area contributed by atoms with E-state index in [-0.39, 0.29) is 12.5 Å². The van der Waals surface area contributed by atoms with Crippen LogP contribution in [0.15, 0.2) is 12.3 Å². The molecule has 90 valence electrons. The lowest BCUT2D eigenvalue weighted by atomic mass is 10.2. The van der Waals surface area contributed by atoms with Crippen molar-refractivity contribution in [2.75, 3.05) is 20.2 Å². The van der Waals surface area contributed by atoms with Gasteiger partial charge in [-0.2, -0.15) is 5.10 Å². The van der Waals surface area contributed by atoms with Crippen molar-refractivity contribution in [1.82, 2.24) is 15.1 Å². The molecule has 16 heavy (non-hydrogen) atoms. The van der Waals surface area contributed by atoms with Crippen LogP contribution in [0.4, 0.5) is 0 Å². The SMILES string of the molecule is CN(CCCCCO)C(=O)Cc1ccn[nH]1. The predicted molar refractivity (Wildman–Crippen MR) is 60.9 cm³/mol. The minimum absolute atomic E-state index is 0.0910. The first kappa shape index (κ1) is 12.7. The zero-order chi connectivity index (χ0) is 11.8. The standard InChI is InChI=1S/C11H19N3O2/c1-14(7-3-2-4-8-15)11(16)9-10-5-6-12-13-10/h5-6,15H,2-4,7-9H2,1H3,(H,12,13). The fraction of sp³-hybridized carbons (Fsp3) is 0.636. The first-order valence-corrected chi connectivity index (χ1v) is 5.57. The average molecular weight is 225 g/mol. The Hall–Kier alpha value is -1.36. The van der Waals surface area contributed by atoms with Gasteiger partial charge in [-0.1, -0.05) is 0 Å². The third-order valence-electron chi connectivity index (χ3n) is 2.48. The third kappa shape index (κ3) is 4.44. The van der Waals surface area contributed by atoms with E-state index in [4.69, 9.17) is 5.11 Å². The Morgan fingerprint density at radius 2 is 2.31 bits per heavy atom. The summed E-state index contributed by atoms with van der Waals surface area (Å²) >= 11 is 0. The van der Waals surface area contributed by atoms with Gasteiger partial charge in [-0.05, 0) is 25.3 Å². The summed E-state index contributed by atoms with van der Waals surface area (Å²) in [4.78, 5) is 13.4. The van der Waals surface area contributed by atoms with Gasteiger partial charge in [0, 0.05) is 32.1 Å². The quantitative estimate of drug-likeness (QED) is 0.667. The topological polar surface area (TPSA) is 69.2 Å². The molecule has 0 saturated carbocycles. The number of carbonyl (C=O) groups excluding carboxylic acids is 1. The molecule has 0 aliphatic heterocycles. The van der Waals surface area contributed by atoms with Gasteiger partial charge in [0.25, 0.3) is 0 Å². The molecule has 0 atom stereocenters. The molecule has 0 aromatic carbocycles. The molecule has 5 heteroatoms. The minimum atomic E-state index is 0.0910. The van der Waals surface area contributed by atoms with Gasteiger partial charge >= 0.3 is 0 Å². The highest BCUT2D eigenvalue weighted by molar-refractivity contribution is 5.77. The summed E-state index contributed by atoms with van der Waals surface area (Å²) in [6.45, 7) is 0.971. The first-order chi connectivity index (χ1) is 7.74. The minimum Gasteiger partial charge on any atom is -0.396 e. The molecule has 2 N–H and O–H groups in total. The average Bonchev–Trinajstić information content (AvgIpc) is 2.76. The lowest BCUT2D eigenvalue weighted by molar-refractivity contribution is -0.129. The lowest BCUT2D eigenvalue weighted by Gasteiger charge is -2.16. The normalized spacial score (nSPS) is 10.4. The van der Waals surface area contributed by atoms with Crippen LogP contribution in [0.1, 0.15) is 25.0 Å². The van der Waals surface area contributed by atoms with Crippen molar-refractivity contribution >= 4 is 5.91 Å². The van der Waals surface area contributed by atoms with Crippen LogP contribution >= 0.6 is 0 Å². The van der Waals surface area contributed by atoms with Crippen LogP contribution in [-0.4, -0.2) is 46.3 Å². The van der Waals surface area contributed by atoms with E-state index in [2.05, 4.69) is 10.2 Å². The van der Waals surface area contributed by atoms with Crippen molar-refractivity contribution < 1.29 is 9.90 Å². The molecule has 0 bridgehead atoms. The summed E-state index contributed by atoms with van der Waals surface area (Å²) in [7, 11) is 1.80. The van der Waals surface area contributed by atoms with Gasteiger partial charge in [0.1, 0.15) is 0 Å². The molecule has 0 saturated heterocycles. The number of nitrogens with one attached hydrogen (secondary N) is 1. The lowest BCUT2D eigenvalue weighted by Crippen LogP contribution is -2.29. The Balaban J connectivity index is 2.20. The fourth-order valence-corrected chi connectivity index (χ4v) is 1.44. The number of hydrogen-bond acceptors (Lipinski definition) is 3. The van der Waals surface area contributed by atoms with Crippen molar-refractivity contribution in [2.24, 2.45) is 0 Å². The number of unbranched alkanes of at least 4 members (excludes halogenated alkanes) is 2. The van der Waals surface area contributed by atoms with Gasteiger partial charge in [-0.3, -0.25) is 9.89 Å². The second kappa shape index (κ2) is 7.00. The zero-order valence-electron chi connectivity index (χ0n) is 9.65. The summed E-state index contributed by atoms with van der Waals surface area (Å²) in [5.41, 5.74) is 0.840. The van der Waals surface area contributed by atoms with Crippen molar-refractivity contribution in [1.29, 1.82) is 0 Å². The van der Waals surface area contributed by atoms with E-state index in [9.17, 15) is 4.79 Å². The summed E-state index contributed by atoms with van der Waals surface area (Å²) < 4.78 is 0. The van der Waals surface area contributed by atoms with Crippen LogP contribution in [0.2, 0.25) is 0 Å². The van der Waals surface area contributed by atoms with Crippen LogP contribution in [0.3, 0.4) is 0 Å². The predicted octanol–water partition coefficient (Wildman–Crippen LogP) is 0.573. The Kier molecular flexibility index (Phi) is 5.56. The Labute approximate surface area is 95.5 Å². The van der Waals surface area contributed by atoms with Crippen LogP contribution in [0.5, 0.6) is 0 Å². The van der Waals surface area contributed by atoms with Crippen LogP contribution in [-0.2, 0) is 11.2 Å². The Morgan fingerprint density at radius 1 is 1.50 bits per heavy atom. The van der Waals surface area contributed by atoms with Gasteiger partial charge in [0.15, 0.2) is 0 Å². The molecule has 1 rings (SSSR count). The second-order valence-corrected chi connectivity index (χ2v) is 3.86. The summed E-state index contributed by atoms with van der Waals surface area (Å²) in [5.74, 6) is 0.0910. The highest BCUT2D eigenvalue weighted by Gasteiger charge is 2.09. The number of aromatic amines is 1. The maximum atomic E-state index is 11.7. The zero-order valence-corrected chi connectivity index (χ0v) is 9.65. The van der Waals surface area contributed by atoms with Crippen LogP contribution in [0.25, 0.3) is 0 Å². The molecule has 0 radical (unpaired) electrons. The number of rotatable bonds is 7. The van der Waals surface area contributed by atoms with E-state index >= 15 is 0 Å². The van der Waals surface area contributed by atoms with Crippen molar-refractivity contribution in [3.8, 4) is 0 Å². The molecule has 1 aromatic heterocycles. The van der Waals surface area contributed by atoms with Gasteiger partial charge in [-0.15, -0.1) is 0 Å². The van der Waals surface area contributed by atoms with Crippen molar-refractivity contribution in [2.45, 2.75) is 25.7 Å².